The molecule has 2 heterocycles. The minimum Gasteiger partial charge on any atom is -0.357 e. The van der Waals surface area contributed by atoms with Gasteiger partial charge in [0.15, 0.2) is 5.96 Å². The lowest BCUT2D eigenvalue weighted by molar-refractivity contribution is -0.129. The van der Waals surface area contributed by atoms with E-state index >= 15 is 0 Å². The summed E-state index contributed by atoms with van der Waals surface area (Å²) in [6.07, 6.45) is 2.88. The second-order valence-corrected chi connectivity index (χ2v) is 9.43. The Labute approximate surface area is 188 Å². The van der Waals surface area contributed by atoms with Gasteiger partial charge in [0.05, 0.1) is 6.54 Å². The minimum absolute atomic E-state index is 0.238. The zero-order valence-corrected chi connectivity index (χ0v) is 19.9. The van der Waals surface area contributed by atoms with Crippen molar-refractivity contribution in [2.45, 2.75) is 66.1 Å². The van der Waals surface area contributed by atoms with Crippen LogP contribution in [0.3, 0.4) is 0 Å². The summed E-state index contributed by atoms with van der Waals surface area (Å²) >= 11 is 0. The van der Waals surface area contributed by atoms with E-state index in [1.54, 1.807) is 0 Å². The molecule has 6 heteroatoms. The first kappa shape index (κ1) is 23.6. The van der Waals surface area contributed by atoms with Gasteiger partial charge in [-0.1, -0.05) is 45.0 Å². The molecule has 2 aliphatic heterocycles. The van der Waals surface area contributed by atoms with E-state index in [9.17, 15) is 4.79 Å². The number of amides is 1. The van der Waals surface area contributed by atoms with Gasteiger partial charge in [-0.3, -0.25) is 9.69 Å². The van der Waals surface area contributed by atoms with Crippen LogP contribution >= 0.6 is 0 Å². The Morgan fingerprint density at radius 1 is 1.10 bits per heavy atom. The van der Waals surface area contributed by atoms with E-state index in [-0.39, 0.29) is 11.9 Å². The molecular formula is C25H41N5O. The second kappa shape index (κ2) is 11.5. The fraction of sp³-hybridized carbons (Fsp3) is 0.680. The topological polar surface area (TPSA) is 60.0 Å². The van der Waals surface area contributed by atoms with Crippen LogP contribution in [-0.2, 0) is 17.9 Å². The number of benzene rings is 1. The highest BCUT2D eigenvalue weighted by Crippen LogP contribution is 2.23. The van der Waals surface area contributed by atoms with Crippen molar-refractivity contribution in [1.29, 1.82) is 0 Å². The molecule has 3 atom stereocenters. The van der Waals surface area contributed by atoms with Crippen LogP contribution in [0.25, 0.3) is 0 Å². The number of carbonyl (C=O) groups excluding carboxylic acids is 1. The fourth-order valence-corrected chi connectivity index (χ4v) is 5.03. The lowest BCUT2D eigenvalue weighted by Crippen LogP contribution is -2.45. The first-order valence-electron chi connectivity index (χ1n) is 12.1. The van der Waals surface area contributed by atoms with Crippen molar-refractivity contribution in [3.63, 3.8) is 0 Å². The van der Waals surface area contributed by atoms with E-state index in [1.807, 2.05) is 11.8 Å². The monoisotopic (exact) mass is 427 g/mol. The fourth-order valence-electron chi connectivity index (χ4n) is 5.03. The molecule has 3 unspecified atom stereocenters. The van der Waals surface area contributed by atoms with Gasteiger partial charge in [0.2, 0.25) is 5.91 Å². The molecule has 0 bridgehead atoms. The third kappa shape index (κ3) is 6.96. The summed E-state index contributed by atoms with van der Waals surface area (Å²) in [5.41, 5.74) is 2.67. The summed E-state index contributed by atoms with van der Waals surface area (Å²) in [6.45, 7) is 15.2. The van der Waals surface area contributed by atoms with Crippen LogP contribution in [0, 0.1) is 11.8 Å². The van der Waals surface area contributed by atoms with E-state index in [1.165, 1.54) is 30.6 Å². The van der Waals surface area contributed by atoms with Gasteiger partial charge in [0.25, 0.3) is 0 Å². The Bertz CT molecular complexity index is 739. The Morgan fingerprint density at radius 3 is 2.48 bits per heavy atom. The molecule has 1 aromatic rings. The Kier molecular flexibility index (Phi) is 8.76. The maximum absolute atomic E-state index is 12.0. The number of guanidine groups is 1. The predicted molar refractivity (Wildman–Crippen MR) is 128 cm³/mol. The van der Waals surface area contributed by atoms with Crippen LogP contribution in [0.15, 0.2) is 29.3 Å². The number of hydrogen-bond donors (Lipinski definition) is 2. The lowest BCUT2D eigenvalue weighted by atomic mass is 9.91. The molecule has 0 aromatic heterocycles. The van der Waals surface area contributed by atoms with Gasteiger partial charge in [-0.05, 0) is 42.7 Å². The Hall–Kier alpha value is -2.08. The normalized spacial score (nSPS) is 25.0. The molecule has 0 radical (unpaired) electrons. The van der Waals surface area contributed by atoms with Crippen LogP contribution in [0.5, 0.6) is 0 Å². The average Bonchev–Trinajstić information content (AvgIpc) is 3.20. The zero-order valence-electron chi connectivity index (χ0n) is 19.9. The van der Waals surface area contributed by atoms with E-state index in [4.69, 9.17) is 4.99 Å². The highest BCUT2D eigenvalue weighted by molar-refractivity contribution is 5.80. The van der Waals surface area contributed by atoms with Crippen molar-refractivity contribution in [1.82, 2.24) is 20.4 Å². The molecule has 31 heavy (non-hydrogen) atoms. The molecule has 2 aliphatic rings. The first-order valence-corrected chi connectivity index (χ1v) is 12.1. The van der Waals surface area contributed by atoms with E-state index in [0.29, 0.717) is 13.0 Å². The van der Waals surface area contributed by atoms with Crippen LogP contribution in [0.2, 0.25) is 0 Å². The minimum atomic E-state index is 0.238. The lowest BCUT2D eigenvalue weighted by Gasteiger charge is -2.35. The molecule has 172 valence electrons. The molecule has 0 aliphatic carbocycles. The standard InChI is InChI=1S/C25H41N5O/c1-5-24(31)30-12-11-23(18-30)28-25(26-6-2)27-14-21-9-7-8-10-22(21)17-29-15-19(3)13-20(4)16-29/h7-10,19-20,23H,5-6,11-18H2,1-4H3,(H2,26,27,28). The molecule has 2 saturated heterocycles. The highest BCUT2D eigenvalue weighted by atomic mass is 16.2. The van der Waals surface area contributed by atoms with E-state index in [2.05, 4.69) is 60.6 Å². The first-order chi connectivity index (χ1) is 15.0. The van der Waals surface area contributed by atoms with Crippen LogP contribution in [-0.4, -0.2) is 60.4 Å². The van der Waals surface area contributed by atoms with Crippen LogP contribution in [0.4, 0.5) is 0 Å². The molecule has 2 N–H and O–H groups in total. The van der Waals surface area contributed by atoms with Gasteiger partial charge in [-0.25, -0.2) is 4.99 Å². The number of likely N-dealkylation sites (tertiary alicyclic amines) is 2. The molecule has 1 aromatic carbocycles. The van der Waals surface area contributed by atoms with Gasteiger partial charge in [0.1, 0.15) is 0 Å². The van der Waals surface area contributed by atoms with Crippen molar-refractivity contribution in [3.05, 3.63) is 35.4 Å². The SMILES string of the molecule is CCNC(=NCc1ccccc1CN1CC(C)CC(C)C1)NC1CCN(C(=O)CC)C1. The Balaban J connectivity index is 1.62. The van der Waals surface area contributed by atoms with Crippen LogP contribution < -0.4 is 10.6 Å². The van der Waals surface area contributed by atoms with Crippen LogP contribution in [0.1, 0.15) is 58.1 Å². The number of aliphatic imine (C=N–C) groups is 1. The third-order valence-electron chi connectivity index (χ3n) is 6.39. The number of nitrogens with one attached hydrogen (secondary N) is 2. The second-order valence-electron chi connectivity index (χ2n) is 9.43. The van der Waals surface area contributed by atoms with Crippen molar-refractivity contribution in [2.75, 3.05) is 32.7 Å². The molecule has 1 amide bonds. The number of hydrogen-bond acceptors (Lipinski definition) is 3. The number of rotatable bonds is 7. The number of nitrogens with zero attached hydrogens (tertiary/aromatic N) is 3. The van der Waals surface area contributed by atoms with E-state index in [0.717, 1.165) is 50.4 Å². The Morgan fingerprint density at radius 2 is 1.81 bits per heavy atom. The molecular weight excluding hydrogens is 386 g/mol. The van der Waals surface area contributed by atoms with E-state index < -0.39 is 0 Å². The summed E-state index contributed by atoms with van der Waals surface area (Å²) < 4.78 is 0. The number of piperidine rings is 1. The summed E-state index contributed by atoms with van der Waals surface area (Å²) in [5.74, 6) is 2.61. The quantitative estimate of drug-likeness (QED) is 0.518. The molecule has 0 saturated carbocycles. The molecule has 6 nitrogen and oxygen atoms in total. The van der Waals surface area contributed by atoms with Gasteiger partial charge in [0, 0.05) is 51.7 Å². The van der Waals surface area contributed by atoms with Gasteiger partial charge in [-0.15, -0.1) is 0 Å². The summed E-state index contributed by atoms with van der Waals surface area (Å²) in [6, 6.07) is 8.97. The van der Waals surface area contributed by atoms with Gasteiger partial charge in [-0.2, -0.15) is 0 Å². The summed E-state index contributed by atoms with van der Waals surface area (Å²) in [4.78, 5) is 21.4. The zero-order chi connectivity index (χ0) is 22.2. The largest absolute Gasteiger partial charge is 0.357 e. The van der Waals surface area contributed by atoms with Crippen molar-refractivity contribution in [2.24, 2.45) is 16.8 Å². The predicted octanol–water partition coefficient (Wildman–Crippen LogP) is 3.23. The highest BCUT2D eigenvalue weighted by Gasteiger charge is 2.26. The number of carbonyl (C=O) groups is 1. The summed E-state index contributed by atoms with van der Waals surface area (Å²) in [7, 11) is 0. The average molecular weight is 428 g/mol. The van der Waals surface area contributed by atoms with Gasteiger partial charge < -0.3 is 15.5 Å². The van der Waals surface area contributed by atoms with Crippen molar-refractivity contribution < 1.29 is 4.79 Å². The molecule has 3 rings (SSSR count). The maximum Gasteiger partial charge on any atom is 0.222 e. The van der Waals surface area contributed by atoms with Crippen molar-refractivity contribution >= 4 is 11.9 Å². The summed E-state index contributed by atoms with van der Waals surface area (Å²) in [5, 5.41) is 6.92. The molecule has 2 fully saturated rings. The molecule has 0 spiro atoms. The maximum atomic E-state index is 12.0. The third-order valence-corrected chi connectivity index (χ3v) is 6.39. The van der Waals surface area contributed by atoms with Gasteiger partial charge >= 0.3 is 0 Å². The van der Waals surface area contributed by atoms with Crippen molar-refractivity contribution in [3.8, 4) is 0 Å². The smallest absolute Gasteiger partial charge is 0.222 e.